The number of nitrogens with zero attached hydrogens (tertiary/aromatic N) is 1. The Bertz CT molecular complexity index is 751. The number of alkyl carbamates (subject to hydrolysis) is 1. The molecule has 1 fully saturated rings. The van der Waals surface area contributed by atoms with Crippen molar-refractivity contribution in [1.29, 1.82) is 0 Å². The Morgan fingerprint density at radius 3 is 2.47 bits per heavy atom. The van der Waals surface area contributed by atoms with Crippen molar-refractivity contribution in [3.8, 4) is 0 Å². The van der Waals surface area contributed by atoms with E-state index >= 15 is 0 Å². The molecular formula is C22H30N2O6. The Balaban J connectivity index is 2.05. The predicted octanol–water partition coefficient (Wildman–Crippen LogP) is 2.45. The molecule has 1 aliphatic rings. The molecule has 8 nitrogen and oxygen atoms in total. The number of carbonyl (C=O) groups excluding carboxylic acids is 4. The van der Waals surface area contributed by atoms with Crippen LogP contribution in [0, 0.1) is 5.92 Å². The van der Waals surface area contributed by atoms with Crippen LogP contribution >= 0.6 is 0 Å². The zero-order valence-electron chi connectivity index (χ0n) is 17.8. The fourth-order valence-electron chi connectivity index (χ4n) is 3.39. The number of rotatable bonds is 9. The summed E-state index contributed by atoms with van der Waals surface area (Å²) in [6.07, 6.45) is 0.937. The number of Topliss-reactive ketones (excluding diaryl/α,β-unsaturated/α-hetero) is 1. The minimum absolute atomic E-state index is 0.0851. The molecule has 30 heavy (non-hydrogen) atoms. The van der Waals surface area contributed by atoms with Crippen LogP contribution < -0.4 is 5.32 Å². The summed E-state index contributed by atoms with van der Waals surface area (Å²) in [5.41, 5.74) is 0.832. The van der Waals surface area contributed by atoms with E-state index in [9.17, 15) is 19.2 Å². The van der Waals surface area contributed by atoms with E-state index in [0.29, 0.717) is 25.8 Å². The van der Waals surface area contributed by atoms with Gasteiger partial charge in [0.25, 0.3) is 5.78 Å². The van der Waals surface area contributed by atoms with Gasteiger partial charge in [-0.05, 0) is 31.2 Å². The van der Waals surface area contributed by atoms with Crippen LogP contribution in [-0.4, -0.2) is 53.9 Å². The first-order valence-electron chi connectivity index (χ1n) is 10.4. The average Bonchev–Trinajstić information content (AvgIpc) is 3.25. The predicted molar refractivity (Wildman–Crippen MR) is 109 cm³/mol. The van der Waals surface area contributed by atoms with Gasteiger partial charge in [-0.15, -0.1) is 0 Å². The van der Waals surface area contributed by atoms with Crippen molar-refractivity contribution in [2.24, 2.45) is 5.92 Å². The number of ether oxygens (including phenoxy) is 2. The number of benzene rings is 1. The Kier molecular flexibility index (Phi) is 8.83. The lowest BCUT2D eigenvalue weighted by Gasteiger charge is -2.30. The smallest absolute Gasteiger partial charge is 0.408 e. The molecule has 2 rings (SSSR count). The molecule has 0 radical (unpaired) electrons. The fraction of sp³-hybridized carbons (Fsp3) is 0.545. The van der Waals surface area contributed by atoms with Crippen molar-refractivity contribution in [2.75, 3.05) is 13.2 Å². The van der Waals surface area contributed by atoms with Gasteiger partial charge in [-0.2, -0.15) is 0 Å². The molecule has 0 saturated carbocycles. The highest BCUT2D eigenvalue weighted by atomic mass is 16.5. The van der Waals surface area contributed by atoms with Gasteiger partial charge in [0.15, 0.2) is 0 Å². The van der Waals surface area contributed by atoms with Crippen LogP contribution in [0.25, 0.3) is 0 Å². The number of hydrogen-bond donors (Lipinski definition) is 1. The summed E-state index contributed by atoms with van der Waals surface area (Å²) in [5.74, 6) is -2.23. The van der Waals surface area contributed by atoms with Gasteiger partial charge in [0, 0.05) is 6.54 Å². The van der Waals surface area contributed by atoms with Crippen molar-refractivity contribution in [3.63, 3.8) is 0 Å². The van der Waals surface area contributed by atoms with E-state index in [2.05, 4.69) is 5.32 Å². The van der Waals surface area contributed by atoms with Crippen LogP contribution in [0.3, 0.4) is 0 Å². The summed E-state index contributed by atoms with van der Waals surface area (Å²) in [6, 6.07) is 7.51. The van der Waals surface area contributed by atoms with Gasteiger partial charge in [-0.3, -0.25) is 9.59 Å². The zero-order valence-corrected chi connectivity index (χ0v) is 17.8. The molecule has 1 saturated heterocycles. The molecule has 1 N–H and O–H groups in total. The van der Waals surface area contributed by atoms with E-state index in [1.54, 1.807) is 6.92 Å². The van der Waals surface area contributed by atoms with Gasteiger partial charge < -0.3 is 19.7 Å². The Morgan fingerprint density at radius 1 is 1.13 bits per heavy atom. The zero-order chi connectivity index (χ0) is 22.1. The summed E-state index contributed by atoms with van der Waals surface area (Å²) in [7, 11) is 0. The van der Waals surface area contributed by atoms with Crippen LogP contribution in [0.5, 0.6) is 0 Å². The maximum absolute atomic E-state index is 13.2. The molecule has 1 aliphatic heterocycles. The molecule has 3 atom stereocenters. The van der Waals surface area contributed by atoms with E-state index < -0.39 is 29.9 Å². The normalized spacial score (nSPS) is 17.7. The van der Waals surface area contributed by atoms with Crippen molar-refractivity contribution >= 4 is 23.8 Å². The first-order chi connectivity index (χ1) is 14.4. The minimum Gasteiger partial charge on any atom is -0.460 e. The third-order valence-corrected chi connectivity index (χ3v) is 5.28. The van der Waals surface area contributed by atoms with Gasteiger partial charge in [0.1, 0.15) is 18.7 Å². The molecule has 0 aliphatic carbocycles. The van der Waals surface area contributed by atoms with Crippen LogP contribution in [0.2, 0.25) is 0 Å². The van der Waals surface area contributed by atoms with Crippen molar-refractivity contribution in [2.45, 2.75) is 58.7 Å². The molecule has 0 unspecified atom stereocenters. The van der Waals surface area contributed by atoms with Crippen molar-refractivity contribution < 1.29 is 28.7 Å². The SMILES string of the molecule is CCOC(=O)C(=O)[C@@H]1CCCN1C(=O)[C@@H](NC(=O)OCc1ccccc1)[C@@H](C)CC. The molecule has 1 aromatic rings. The third-order valence-electron chi connectivity index (χ3n) is 5.28. The number of likely N-dealkylation sites (tertiary alicyclic amines) is 1. The highest BCUT2D eigenvalue weighted by molar-refractivity contribution is 6.36. The number of esters is 1. The van der Waals surface area contributed by atoms with E-state index in [4.69, 9.17) is 9.47 Å². The standard InChI is InChI=1S/C22H30N2O6/c1-4-15(3)18(23-22(28)30-14-16-10-7-6-8-11-16)20(26)24-13-9-12-17(24)19(25)21(27)29-5-2/h6-8,10-11,15,17-18H,4-5,9,12-14H2,1-3H3,(H,23,28)/t15-,17-,18-/m0/s1. The molecule has 0 spiro atoms. The largest absolute Gasteiger partial charge is 0.460 e. The highest BCUT2D eigenvalue weighted by Gasteiger charge is 2.41. The first kappa shape index (κ1) is 23.4. The van der Waals surface area contributed by atoms with E-state index in [0.717, 1.165) is 5.56 Å². The van der Waals surface area contributed by atoms with E-state index in [-0.39, 0.29) is 25.0 Å². The van der Waals surface area contributed by atoms with Crippen LogP contribution in [0.4, 0.5) is 4.79 Å². The quantitative estimate of drug-likeness (QED) is 0.488. The highest BCUT2D eigenvalue weighted by Crippen LogP contribution is 2.22. The first-order valence-corrected chi connectivity index (χ1v) is 10.4. The maximum atomic E-state index is 13.2. The maximum Gasteiger partial charge on any atom is 0.408 e. The molecule has 1 heterocycles. The van der Waals surface area contributed by atoms with Gasteiger partial charge in [0.2, 0.25) is 5.91 Å². The third kappa shape index (κ3) is 6.05. The number of nitrogens with one attached hydrogen (secondary N) is 1. The minimum atomic E-state index is -0.933. The van der Waals surface area contributed by atoms with Crippen molar-refractivity contribution in [3.05, 3.63) is 35.9 Å². The van der Waals surface area contributed by atoms with Crippen molar-refractivity contribution in [1.82, 2.24) is 10.2 Å². The van der Waals surface area contributed by atoms with Crippen LogP contribution in [0.1, 0.15) is 45.6 Å². The Hall–Kier alpha value is -2.90. The summed E-state index contributed by atoms with van der Waals surface area (Å²) in [4.78, 5) is 51.2. The van der Waals surface area contributed by atoms with Gasteiger partial charge in [-0.1, -0.05) is 50.6 Å². The molecule has 1 aromatic carbocycles. The molecule has 8 heteroatoms. The van der Waals surface area contributed by atoms with Gasteiger partial charge in [0.05, 0.1) is 6.61 Å². The number of hydrogen-bond acceptors (Lipinski definition) is 6. The number of carbonyl (C=O) groups is 4. The monoisotopic (exact) mass is 418 g/mol. The lowest BCUT2D eigenvalue weighted by atomic mass is 9.97. The van der Waals surface area contributed by atoms with Gasteiger partial charge in [-0.25, -0.2) is 9.59 Å². The lowest BCUT2D eigenvalue weighted by molar-refractivity contribution is -0.156. The van der Waals surface area contributed by atoms with E-state index in [1.165, 1.54) is 4.90 Å². The lowest BCUT2D eigenvalue weighted by Crippen LogP contribution is -2.55. The average molecular weight is 418 g/mol. The topological polar surface area (TPSA) is 102 Å². The molecule has 2 amide bonds. The second kappa shape index (κ2) is 11.3. The molecule has 164 valence electrons. The second-order valence-corrected chi connectivity index (χ2v) is 7.34. The summed E-state index contributed by atoms with van der Waals surface area (Å²) >= 11 is 0. The number of ketones is 1. The summed E-state index contributed by atoms with van der Waals surface area (Å²) in [6.45, 7) is 5.90. The molecular weight excluding hydrogens is 388 g/mol. The number of amides is 2. The Labute approximate surface area is 176 Å². The van der Waals surface area contributed by atoms with Crippen LogP contribution in [-0.2, 0) is 30.5 Å². The van der Waals surface area contributed by atoms with Crippen LogP contribution in [0.15, 0.2) is 30.3 Å². The molecule has 0 bridgehead atoms. The summed E-state index contributed by atoms with van der Waals surface area (Å²) in [5, 5.41) is 2.65. The second-order valence-electron chi connectivity index (χ2n) is 7.34. The molecule has 0 aromatic heterocycles. The Morgan fingerprint density at radius 2 is 1.83 bits per heavy atom. The van der Waals surface area contributed by atoms with E-state index in [1.807, 2.05) is 44.2 Å². The van der Waals surface area contributed by atoms with Gasteiger partial charge >= 0.3 is 12.1 Å². The fourth-order valence-corrected chi connectivity index (χ4v) is 3.39. The summed E-state index contributed by atoms with van der Waals surface area (Å²) < 4.78 is 10.0.